The van der Waals surface area contributed by atoms with E-state index in [0.717, 1.165) is 0 Å². The number of aliphatic hydroxyl groups excluding tert-OH is 1. The van der Waals surface area contributed by atoms with Crippen LogP contribution in [0, 0.1) is 0 Å². The van der Waals surface area contributed by atoms with Crippen LogP contribution in [0.5, 0.6) is 11.5 Å². The topological polar surface area (TPSA) is 102 Å². The van der Waals surface area contributed by atoms with Gasteiger partial charge in [-0.1, -0.05) is 12.2 Å². The summed E-state index contributed by atoms with van der Waals surface area (Å²) < 4.78 is 39.2. The number of ether oxygens (including phenoxy) is 7. The summed E-state index contributed by atoms with van der Waals surface area (Å²) in [6.45, 7) is 5.50. The van der Waals surface area contributed by atoms with Gasteiger partial charge in [-0.25, -0.2) is 4.79 Å². The zero-order valence-electron chi connectivity index (χ0n) is 20.6. The molecule has 2 aliphatic rings. The molecule has 1 saturated heterocycles. The second-order valence-corrected chi connectivity index (χ2v) is 8.98. The molecule has 9 nitrogen and oxygen atoms in total. The Labute approximate surface area is 200 Å². The SMILES string of the molecule is COCOc1cc2c(c(OCOC)c1)C(=O)O[C@@H](C)CCCC(O)[C@H]1OC(C)(C)O[C@H]1CC=C2. The van der Waals surface area contributed by atoms with Gasteiger partial charge in [-0.05, 0) is 58.1 Å². The molecule has 34 heavy (non-hydrogen) atoms. The van der Waals surface area contributed by atoms with Gasteiger partial charge in [-0.15, -0.1) is 0 Å². The summed E-state index contributed by atoms with van der Waals surface area (Å²) >= 11 is 0. The van der Waals surface area contributed by atoms with Crippen LogP contribution in [0.4, 0.5) is 0 Å². The monoisotopic (exact) mass is 480 g/mol. The molecule has 2 heterocycles. The van der Waals surface area contributed by atoms with E-state index in [1.54, 1.807) is 18.2 Å². The van der Waals surface area contributed by atoms with Gasteiger partial charge in [0.15, 0.2) is 19.4 Å². The Bertz CT molecular complexity index is 851. The van der Waals surface area contributed by atoms with Gasteiger partial charge in [0.1, 0.15) is 23.2 Å². The van der Waals surface area contributed by atoms with E-state index in [1.807, 2.05) is 26.8 Å². The van der Waals surface area contributed by atoms with Crippen LogP contribution >= 0.6 is 0 Å². The number of carbonyl (C=O) groups excluding carboxylic acids is 1. The third-order valence-corrected chi connectivity index (χ3v) is 5.67. The summed E-state index contributed by atoms with van der Waals surface area (Å²) in [5.41, 5.74) is 0.840. The van der Waals surface area contributed by atoms with Gasteiger partial charge in [0.05, 0.1) is 18.3 Å². The van der Waals surface area contributed by atoms with E-state index in [-0.39, 0.29) is 37.1 Å². The van der Waals surface area contributed by atoms with Crippen molar-refractivity contribution in [2.75, 3.05) is 27.8 Å². The first-order valence-corrected chi connectivity index (χ1v) is 11.6. The van der Waals surface area contributed by atoms with E-state index in [0.29, 0.717) is 37.0 Å². The van der Waals surface area contributed by atoms with E-state index in [2.05, 4.69) is 0 Å². The number of cyclic esters (lactones) is 1. The zero-order chi connectivity index (χ0) is 24.7. The minimum absolute atomic E-state index is 0.0373. The van der Waals surface area contributed by atoms with E-state index in [4.69, 9.17) is 33.2 Å². The van der Waals surface area contributed by atoms with Crippen molar-refractivity contribution in [3.63, 3.8) is 0 Å². The summed E-state index contributed by atoms with van der Waals surface area (Å²) in [7, 11) is 3.02. The number of carbonyl (C=O) groups is 1. The second kappa shape index (κ2) is 12.0. The molecule has 1 aromatic rings. The highest BCUT2D eigenvalue weighted by molar-refractivity contribution is 5.97. The standard InChI is InChI=1S/C25H36O9/c1-16-8-6-10-19(26)23-20(33-25(2,3)34-23)11-7-9-17-12-18(30-14-28-4)13-21(31-15-29-5)22(17)24(27)32-16/h7,9,12-13,16,19-20,23,26H,6,8,10-11,14-15H2,1-5H3/t16-,19?,20-,23+/m0/s1. The van der Waals surface area contributed by atoms with Crippen LogP contribution < -0.4 is 9.47 Å². The van der Waals surface area contributed by atoms with Crippen molar-refractivity contribution in [3.05, 3.63) is 29.3 Å². The van der Waals surface area contributed by atoms with Crippen LogP contribution in [-0.4, -0.2) is 69.1 Å². The molecule has 190 valence electrons. The maximum absolute atomic E-state index is 13.2. The molecule has 0 saturated carbocycles. The Morgan fingerprint density at radius 2 is 1.82 bits per heavy atom. The van der Waals surface area contributed by atoms with Crippen molar-refractivity contribution in [2.24, 2.45) is 0 Å². The van der Waals surface area contributed by atoms with Gasteiger partial charge in [0, 0.05) is 20.3 Å². The first kappa shape index (κ1) is 26.4. The van der Waals surface area contributed by atoms with Crippen LogP contribution in [0.15, 0.2) is 18.2 Å². The lowest BCUT2D eigenvalue weighted by Crippen LogP contribution is -2.35. The highest BCUT2D eigenvalue weighted by atomic mass is 16.8. The molecule has 1 fully saturated rings. The van der Waals surface area contributed by atoms with Crippen molar-refractivity contribution in [1.82, 2.24) is 0 Å². The first-order chi connectivity index (χ1) is 16.2. The third-order valence-electron chi connectivity index (χ3n) is 5.67. The van der Waals surface area contributed by atoms with Crippen LogP contribution in [0.1, 0.15) is 62.4 Å². The number of esters is 1. The van der Waals surface area contributed by atoms with Crippen molar-refractivity contribution in [2.45, 2.75) is 76.7 Å². The molecule has 0 radical (unpaired) electrons. The van der Waals surface area contributed by atoms with Gasteiger partial charge in [0.25, 0.3) is 0 Å². The highest BCUT2D eigenvalue weighted by Gasteiger charge is 2.44. The second-order valence-electron chi connectivity index (χ2n) is 8.98. The van der Waals surface area contributed by atoms with E-state index in [1.165, 1.54) is 14.2 Å². The number of rotatable bonds is 6. The molecule has 1 N–H and O–H groups in total. The van der Waals surface area contributed by atoms with Gasteiger partial charge in [-0.2, -0.15) is 0 Å². The largest absolute Gasteiger partial charge is 0.467 e. The number of aliphatic hydroxyl groups is 1. The Balaban J connectivity index is 2.00. The van der Waals surface area contributed by atoms with Gasteiger partial charge in [0.2, 0.25) is 0 Å². The van der Waals surface area contributed by atoms with Crippen LogP contribution in [0.25, 0.3) is 6.08 Å². The van der Waals surface area contributed by atoms with E-state index >= 15 is 0 Å². The van der Waals surface area contributed by atoms with Crippen LogP contribution in [-0.2, 0) is 23.7 Å². The fourth-order valence-electron chi connectivity index (χ4n) is 4.19. The molecule has 1 aromatic carbocycles. The fourth-order valence-corrected chi connectivity index (χ4v) is 4.19. The molecule has 0 spiro atoms. The number of methoxy groups -OCH3 is 2. The Morgan fingerprint density at radius 3 is 2.56 bits per heavy atom. The molecule has 0 aliphatic carbocycles. The van der Waals surface area contributed by atoms with Crippen molar-refractivity contribution in [3.8, 4) is 11.5 Å². The number of benzene rings is 1. The predicted molar refractivity (Wildman–Crippen MR) is 124 cm³/mol. The summed E-state index contributed by atoms with van der Waals surface area (Å²) in [6.07, 6.45) is 4.14. The molecular weight excluding hydrogens is 444 g/mol. The average molecular weight is 481 g/mol. The molecule has 0 amide bonds. The van der Waals surface area contributed by atoms with E-state index in [9.17, 15) is 9.90 Å². The number of fused-ring (bicyclic) bond motifs is 2. The molecular formula is C25H36O9. The normalized spacial score (nSPS) is 27.3. The summed E-state index contributed by atoms with van der Waals surface area (Å²) in [4.78, 5) is 13.2. The van der Waals surface area contributed by atoms with Gasteiger partial charge >= 0.3 is 5.97 Å². The summed E-state index contributed by atoms with van der Waals surface area (Å²) in [5.74, 6) is -0.541. The Hall–Kier alpha value is -2.17. The smallest absolute Gasteiger partial charge is 0.342 e. The molecule has 0 aromatic heterocycles. The van der Waals surface area contributed by atoms with Crippen LogP contribution in [0.3, 0.4) is 0 Å². The number of hydrogen-bond donors (Lipinski definition) is 1. The number of hydrogen-bond acceptors (Lipinski definition) is 9. The molecule has 9 heteroatoms. The highest BCUT2D eigenvalue weighted by Crippen LogP contribution is 2.35. The lowest BCUT2D eigenvalue weighted by atomic mass is 9.98. The van der Waals surface area contributed by atoms with Gasteiger partial charge in [-0.3, -0.25) is 0 Å². The average Bonchev–Trinajstić information content (AvgIpc) is 3.09. The lowest BCUT2D eigenvalue weighted by molar-refractivity contribution is -0.155. The van der Waals surface area contributed by atoms with Crippen molar-refractivity contribution in [1.29, 1.82) is 0 Å². The fraction of sp³-hybridized carbons (Fsp3) is 0.640. The van der Waals surface area contributed by atoms with Gasteiger partial charge < -0.3 is 38.3 Å². The molecule has 4 atom stereocenters. The molecule has 3 rings (SSSR count). The minimum Gasteiger partial charge on any atom is -0.467 e. The first-order valence-electron chi connectivity index (χ1n) is 11.6. The lowest BCUT2D eigenvalue weighted by Gasteiger charge is -2.23. The van der Waals surface area contributed by atoms with Crippen molar-refractivity contribution < 1.29 is 43.1 Å². The van der Waals surface area contributed by atoms with Crippen LogP contribution in [0.2, 0.25) is 0 Å². The molecule has 1 unspecified atom stereocenters. The maximum atomic E-state index is 13.2. The Morgan fingerprint density at radius 1 is 1.09 bits per heavy atom. The molecule has 2 aliphatic heterocycles. The van der Waals surface area contributed by atoms with E-state index < -0.39 is 24.0 Å². The Kier molecular flexibility index (Phi) is 9.32. The quantitative estimate of drug-likeness (QED) is 0.483. The summed E-state index contributed by atoms with van der Waals surface area (Å²) in [6, 6.07) is 3.34. The summed E-state index contributed by atoms with van der Waals surface area (Å²) in [5, 5.41) is 10.8. The minimum atomic E-state index is -0.787. The molecule has 0 bridgehead atoms. The third kappa shape index (κ3) is 6.93. The zero-order valence-corrected chi connectivity index (χ0v) is 20.6. The van der Waals surface area contributed by atoms with Crippen molar-refractivity contribution >= 4 is 12.0 Å². The maximum Gasteiger partial charge on any atom is 0.342 e. The predicted octanol–water partition coefficient (Wildman–Crippen LogP) is 3.67.